The van der Waals surface area contributed by atoms with Gasteiger partial charge in [0.05, 0.1) is 0 Å². The normalized spacial score (nSPS) is 18.9. The van der Waals surface area contributed by atoms with E-state index in [2.05, 4.69) is 15.5 Å². The standard InChI is InChI=1S/C23H30ClF4N3O/c1-14(20(16-4-5-16)30-22(2,3)23(26,27)28)31-8-6-15(7-9-31)13-29-21(32)17-10-18(24)12-19(25)11-17/h10-12,14-15,30H,4-9,13H2,1-3H3,(H,29,32). The molecule has 2 N–H and O–H groups in total. The maximum absolute atomic E-state index is 13.5. The molecule has 1 aromatic carbocycles. The lowest BCUT2D eigenvalue weighted by atomic mass is 9.94. The van der Waals surface area contributed by atoms with E-state index in [1.54, 1.807) is 0 Å². The molecule has 2 aliphatic rings. The number of carbonyl (C=O) groups is 1. The van der Waals surface area contributed by atoms with Gasteiger partial charge in [0.2, 0.25) is 0 Å². The lowest BCUT2D eigenvalue weighted by molar-refractivity contribution is -0.184. The van der Waals surface area contributed by atoms with Gasteiger partial charge in [-0.3, -0.25) is 9.69 Å². The second-order valence-electron chi connectivity index (χ2n) is 9.29. The molecule has 3 rings (SSSR count). The third kappa shape index (κ3) is 6.16. The van der Waals surface area contributed by atoms with Gasteiger partial charge >= 0.3 is 6.18 Å². The van der Waals surface area contributed by atoms with Crippen LogP contribution in [0.5, 0.6) is 0 Å². The number of halogens is 5. The van der Waals surface area contributed by atoms with Crippen LogP contribution in [0.25, 0.3) is 0 Å². The van der Waals surface area contributed by atoms with Crippen molar-refractivity contribution in [1.82, 2.24) is 15.5 Å². The Morgan fingerprint density at radius 3 is 2.34 bits per heavy atom. The predicted molar refractivity (Wildman–Crippen MR) is 117 cm³/mol. The van der Waals surface area contributed by atoms with Crippen LogP contribution in [0.1, 0.15) is 56.8 Å². The Balaban J connectivity index is 1.52. The molecule has 1 aliphatic carbocycles. The van der Waals surface area contributed by atoms with Gasteiger partial charge in [-0.2, -0.15) is 13.2 Å². The molecular formula is C23H30ClF4N3O. The van der Waals surface area contributed by atoms with Crippen molar-refractivity contribution in [3.05, 3.63) is 45.9 Å². The number of allylic oxidation sites excluding steroid dienone is 1. The minimum atomic E-state index is -4.34. The summed E-state index contributed by atoms with van der Waals surface area (Å²) in [5.74, 6) is -0.683. The monoisotopic (exact) mass is 475 g/mol. The van der Waals surface area contributed by atoms with Gasteiger partial charge in [0.25, 0.3) is 5.91 Å². The van der Waals surface area contributed by atoms with Crippen LogP contribution < -0.4 is 10.6 Å². The summed E-state index contributed by atoms with van der Waals surface area (Å²) in [6.45, 7) is 6.22. The number of benzene rings is 1. The van der Waals surface area contributed by atoms with Gasteiger partial charge < -0.3 is 10.6 Å². The molecule has 1 aliphatic heterocycles. The zero-order valence-electron chi connectivity index (χ0n) is 18.6. The number of likely N-dealkylation sites (tertiary alicyclic amines) is 1. The van der Waals surface area contributed by atoms with E-state index in [4.69, 9.17) is 11.6 Å². The number of nitrogens with one attached hydrogen (secondary N) is 2. The molecule has 1 saturated carbocycles. The van der Waals surface area contributed by atoms with Gasteiger partial charge in [-0.1, -0.05) is 11.6 Å². The van der Waals surface area contributed by atoms with Gasteiger partial charge in [0.15, 0.2) is 0 Å². The molecule has 178 valence electrons. The van der Waals surface area contributed by atoms with Gasteiger partial charge in [-0.15, -0.1) is 0 Å². The predicted octanol–water partition coefficient (Wildman–Crippen LogP) is 5.29. The first-order valence-electron chi connectivity index (χ1n) is 10.9. The highest BCUT2D eigenvalue weighted by Crippen LogP contribution is 2.37. The molecule has 1 heterocycles. The van der Waals surface area contributed by atoms with E-state index in [-0.39, 0.29) is 28.5 Å². The summed E-state index contributed by atoms with van der Waals surface area (Å²) in [6, 6.07) is 3.59. The zero-order chi connectivity index (χ0) is 23.7. The molecule has 0 bridgehead atoms. The summed E-state index contributed by atoms with van der Waals surface area (Å²) in [4.78, 5) is 14.5. The first-order chi connectivity index (χ1) is 14.9. The van der Waals surface area contributed by atoms with Gasteiger partial charge in [0.1, 0.15) is 11.4 Å². The van der Waals surface area contributed by atoms with E-state index in [1.807, 2.05) is 6.92 Å². The molecule has 0 aromatic heterocycles. The summed E-state index contributed by atoms with van der Waals surface area (Å²) in [5, 5.41) is 5.79. The Labute approximate surface area is 191 Å². The zero-order valence-corrected chi connectivity index (χ0v) is 19.3. The van der Waals surface area contributed by atoms with Crippen LogP contribution in [0.15, 0.2) is 29.5 Å². The minimum Gasteiger partial charge on any atom is -0.374 e. The number of alkyl halides is 3. The molecule has 1 atom stereocenters. The van der Waals surface area contributed by atoms with E-state index in [9.17, 15) is 22.4 Å². The molecule has 32 heavy (non-hydrogen) atoms. The number of hydrogen-bond donors (Lipinski definition) is 2. The molecule has 1 unspecified atom stereocenters. The third-order valence-corrected chi connectivity index (χ3v) is 6.55. The number of amides is 1. The Kier molecular flexibility index (Phi) is 7.44. The largest absolute Gasteiger partial charge is 0.410 e. The number of carbonyl (C=O) groups excluding carboxylic acids is 1. The van der Waals surface area contributed by atoms with Gasteiger partial charge in [-0.25, -0.2) is 4.39 Å². The van der Waals surface area contributed by atoms with Crippen LogP contribution in [0.2, 0.25) is 5.02 Å². The van der Waals surface area contributed by atoms with Crippen LogP contribution >= 0.6 is 11.6 Å². The van der Waals surface area contributed by atoms with Crippen molar-refractivity contribution < 1.29 is 22.4 Å². The van der Waals surface area contributed by atoms with Crippen LogP contribution in [0.4, 0.5) is 17.6 Å². The van der Waals surface area contributed by atoms with E-state index in [1.165, 1.54) is 19.9 Å². The van der Waals surface area contributed by atoms with E-state index >= 15 is 0 Å². The summed E-state index contributed by atoms with van der Waals surface area (Å²) < 4.78 is 53.6. The van der Waals surface area contributed by atoms with Crippen molar-refractivity contribution in [3.63, 3.8) is 0 Å². The Bertz CT molecular complexity index is 850. The molecule has 0 radical (unpaired) electrons. The fourth-order valence-corrected chi connectivity index (χ4v) is 4.20. The lowest BCUT2D eigenvalue weighted by Crippen LogP contribution is -2.55. The molecular weight excluding hydrogens is 446 g/mol. The molecule has 1 saturated heterocycles. The topological polar surface area (TPSA) is 44.4 Å². The highest BCUT2D eigenvalue weighted by molar-refractivity contribution is 6.31. The van der Waals surface area contributed by atoms with Crippen molar-refractivity contribution in [3.8, 4) is 0 Å². The molecule has 1 amide bonds. The first kappa shape index (κ1) is 24.8. The van der Waals surface area contributed by atoms with Crippen LogP contribution in [0, 0.1) is 11.7 Å². The quantitative estimate of drug-likeness (QED) is 0.527. The van der Waals surface area contributed by atoms with E-state index < -0.39 is 17.5 Å². The van der Waals surface area contributed by atoms with Crippen molar-refractivity contribution in [2.75, 3.05) is 19.6 Å². The number of piperidine rings is 1. The number of rotatable bonds is 7. The minimum absolute atomic E-state index is 0.126. The van der Waals surface area contributed by atoms with Crippen LogP contribution in [0.3, 0.4) is 0 Å². The maximum Gasteiger partial charge on any atom is 0.410 e. The van der Waals surface area contributed by atoms with Gasteiger partial charge in [0, 0.05) is 28.9 Å². The highest BCUT2D eigenvalue weighted by Gasteiger charge is 2.48. The fraction of sp³-hybridized carbons (Fsp3) is 0.609. The van der Waals surface area contributed by atoms with Crippen molar-refractivity contribution in [1.29, 1.82) is 0 Å². The SMILES string of the molecule is CC(C(NC(C)(C)C(F)(F)F)=C1CC1)N1CCC(CNC(=O)c2cc(F)cc(Cl)c2)CC1. The molecule has 1 aromatic rings. The van der Waals surface area contributed by atoms with Crippen molar-refractivity contribution >= 4 is 17.5 Å². The first-order valence-corrected chi connectivity index (χ1v) is 11.3. The fourth-order valence-electron chi connectivity index (χ4n) is 3.98. The Morgan fingerprint density at radius 2 is 1.81 bits per heavy atom. The Hall–Kier alpha value is -1.80. The molecule has 2 fully saturated rings. The second-order valence-corrected chi connectivity index (χ2v) is 9.72. The van der Waals surface area contributed by atoms with E-state index in [0.29, 0.717) is 12.2 Å². The summed E-state index contributed by atoms with van der Waals surface area (Å²) >= 11 is 5.81. The lowest BCUT2D eigenvalue weighted by Gasteiger charge is -2.40. The average Bonchev–Trinajstić information content (AvgIpc) is 3.53. The third-order valence-electron chi connectivity index (χ3n) is 6.33. The average molecular weight is 476 g/mol. The van der Waals surface area contributed by atoms with Crippen molar-refractivity contribution in [2.45, 2.75) is 64.2 Å². The van der Waals surface area contributed by atoms with Gasteiger partial charge in [-0.05, 0) is 89.2 Å². The van der Waals surface area contributed by atoms with E-state index in [0.717, 1.165) is 56.5 Å². The maximum atomic E-state index is 13.5. The number of nitrogens with zero attached hydrogens (tertiary/aromatic N) is 1. The highest BCUT2D eigenvalue weighted by atomic mass is 35.5. The summed E-state index contributed by atoms with van der Waals surface area (Å²) in [5.41, 5.74) is -0.0469. The molecule has 0 spiro atoms. The smallest absolute Gasteiger partial charge is 0.374 e. The van der Waals surface area contributed by atoms with Crippen molar-refractivity contribution in [2.24, 2.45) is 5.92 Å². The summed E-state index contributed by atoms with van der Waals surface area (Å²) in [7, 11) is 0. The molecule has 4 nitrogen and oxygen atoms in total. The van der Waals surface area contributed by atoms with Crippen LogP contribution in [-0.2, 0) is 0 Å². The van der Waals surface area contributed by atoms with Crippen LogP contribution in [-0.4, -0.2) is 48.2 Å². The summed E-state index contributed by atoms with van der Waals surface area (Å²) in [6.07, 6.45) is -1.02. The number of hydrogen-bond acceptors (Lipinski definition) is 3. The Morgan fingerprint density at radius 1 is 1.19 bits per heavy atom. The molecule has 9 heteroatoms. The second kappa shape index (κ2) is 9.59.